The minimum absolute atomic E-state index is 0.183. The van der Waals surface area contributed by atoms with Crippen LogP contribution in [0, 0.1) is 11.8 Å². The van der Waals surface area contributed by atoms with Gasteiger partial charge in [0.1, 0.15) is 0 Å². The maximum Gasteiger partial charge on any atom is 0.303 e. The molecule has 1 aliphatic rings. The molecule has 0 spiro atoms. The number of hydrogen-bond donors (Lipinski definition) is 2. The Morgan fingerprint density at radius 3 is 1.62 bits per heavy atom. The maximum atomic E-state index is 10.5. The second-order valence-corrected chi connectivity index (χ2v) is 4.33. The smallest absolute Gasteiger partial charge is 0.303 e. The molecule has 0 aromatic heterocycles. The molecule has 2 atom stereocenters. The van der Waals surface area contributed by atoms with Crippen molar-refractivity contribution in [2.75, 3.05) is 0 Å². The van der Waals surface area contributed by atoms with Gasteiger partial charge >= 0.3 is 11.9 Å². The zero-order valence-electron chi connectivity index (χ0n) is 9.26. The van der Waals surface area contributed by atoms with Gasteiger partial charge in [-0.1, -0.05) is 12.2 Å². The van der Waals surface area contributed by atoms with E-state index in [4.69, 9.17) is 10.2 Å². The van der Waals surface area contributed by atoms with Gasteiger partial charge in [0, 0.05) is 12.8 Å². The molecule has 0 aliphatic heterocycles. The predicted molar refractivity (Wildman–Crippen MR) is 59.1 cm³/mol. The lowest BCUT2D eigenvalue weighted by molar-refractivity contribution is -0.139. The van der Waals surface area contributed by atoms with Crippen LogP contribution in [0.1, 0.15) is 38.5 Å². The Labute approximate surface area is 95.0 Å². The molecule has 90 valence electrons. The van der Waals surface area contributed by atoms with E-state index >= 15 is 0 Å². The molecule has 2 unspecified atom stereocenters. The van der Waals surface area contributed by atoms with Gasteiger partial charge in [-0.3, -0.25) is 9.59 Å². The number of aliphatic carboxylic acids is 2. The molecule has 0 radical (unpaired) electrons. The van der Waals surface area contributed by atoms with Crippen LogP contribution in [0.25, 0.3) is 0 Å². The quantitative estimate of drug-likeness (QED) is 0.681. The second kappa shape index (κ2) is 6.30. The van der Waals surface area contributed by atoms with E-state index in [2.05, 4.69) is 12.2 Å². The van der Waals surface area contributed by atoms with Gasteiger partial charge < -0.3 is 10.2 Å². The van der Waals surface area contributed by atoms with Gasteiger partial charge in [-0.2, -0.15) is 0 Å². The molecule has 2 N–H and O–H groups in total. The lowest BCUT2D eigenvalue weighted by Crippen LogP contribution is -2.19. The molecule has 4 nitrogen and oxygen atoms in total. The van der Waals surface area contributed by atoms with Gasteiger partial charge in [-0.05, 0) is 37.5 Å². The molecule has 4 heteroatoms. The summed E-state index contributed by atoms with van der Waals surface area (Å²) in [5.41, 5.74) is 0. The highest BCUT2D eigenvalue weighted by Gasteiger charge is 2.23. The van der Waals surface area contributed by atoms with Gasteiger partial charge in [0.2, 0.25) is 0 Å². The molecule has 1 rings (SSSR count). The lowest BCUT2D eigenvalue weighted by Gasteiger charge is -2.27. The largest absolute Gasteiger partial charge is 0.481 e. The van der Waals surface area contributed by atoms with Crippen LogP contribution in [0.5, 0.6) is 0 Å². The van der Waals surface area contributed by atoms with Crippen molar-refractivity contribution in [2.45, 2.75) is 38.5 Å². The van der Waals surface area contributed by atoms with Gasteiger partial charge in [-0.25, -0.2) is 0 Å². The monoisotopic (exact) mass is 226 g/mol. The van der Waals surface area contributed by atoms with Gasteiger partial charge in [0.15, 0.2) is 0 Å². The van der Waals surface area contributed by atoms with Crippen LogP contribution in [0.4, 0.5) is 0 Å². The Balaban J connectivity index is 2.41. The topological polar surface area (TPSA) is 74.6 Å². The van der Waals surface area contributed by atoms with Crippen LogP contribution in [0.15, 0.2) is 12.2 Å². The van der Waals surface area contributed by atoms with Gasteiger partial charge in [0.25, 0.3) is 0 Å². The summed E-state index contributed by atoms with van der Waals surface area (Å²) in [7, 11) is 0. The van der Waals surface area contributed by atoms with E-state index in [0.717, 1.165) is 12.8 Å². The summed E-state index contributed by atoms with van der Waals surface area (Å²) in [4.78, 5) is 21.0. The van der Waals surface area contributed by atoms with Crippen molar-refractivity contribution in [1.82, 2.24) is 0 Å². The van der Waals surface area contributed by atoms with Crippen LogP contribution in [0.2, 0.25) is 0 Å². The van der Waals surface area contributed by atoms with Crippen molar-refractivity contribution in [3.8, 4) is 0 Å². The number of carbonyl (C=O) groups is 2. The van der Waals surface area contributed by atoms with Crippen molar-refractivity contribution in [3.05, 3.63) is 12.2 Å². The minimum atomic E-state index is -0.772. The molecule has 0 amide bonds. The Morgan fingerprint density at radius 1 is 0.938 bits per heavy atom. The number of carboxylic acid groups (broad SMARTS) is 2. The van der Waals surface area contributed by atoms with E-state index in [-0.39, 0.29) is 12.8 Å². The summed E-state index contributed by atoms with van der Waals surface area (Å²) in [5, 5.41) is 17.3. The summed E-state index contributed by atoms with van der Waals surface area (Å²) < 4.78 is 0. The van der Waals surface area contributed by atoms with Crippen LogP contribution in [-0.2, 0) is 9.59 Å². The first kappa shape index (κ1) is 12.7. The highest BCUT2D eigenvalue weighted by Crippen LogP contribution is 2.32. The third-order valence-corrected chi connectivity index (χ3v) is 3.17. The highest BCUT2D eigenvalue weighted by atomic mass is 16.4. The fourth-order valence-electron chi connectivity index (χ4n) is 2.25. The van der Waals surface area contributed by atoms with E-state index in [9.17, 15) is 9.59 Å². The Bertz CT molecular complexity index is 255. The summed E-state index contributed by atoms with van der Waals surface area (Å²) in [6, 6.07) is 0. The first-order valence-electron chi connectivity index (χ1n) is 5.68. The maximum absolute atomic E-state index is 10.5. The van der Waals surface area contributed by atoms with Crippen molar-refractivity contribution in [1.29, 1.82) is 0 Å². The average Bonchev–Trinajstić information content (AvgIpc) is 2.24. The highest BCUT2D eigenvalue weighted by molar-refractivity contribution is 5.67. The van der Waals surface area contributed by atoms with E-state index < -0.39 is 11.9 Å². The Kier molecular flexibility index (Phi) is 5.02. The van der Waals surface area contributed by atoms with Crippen molar-refractivity contribution in [2.24, 2.45) is 11.8 Å². The summed E-state index contributed by atoms with van der Waals surface area (Å²) in [5.74, 6) is -0.876. The predicted octanol–water partition coefficient (Wildman–Crippen LogP) is 2.30. The van der Waals surface area contributed by atoms with Gasteiger partial charge in [-0.15, -0.1) is 0 Å². The average molecular weight is 226 g/mol. The Hall–Kier alpha value is -1.32. The molecule has 0 saturated heterocycles. The number of carboxylic acids is 2. The molecule has 0 fully saturated rings. The number of hydrogen-bond acceptors (Lipinski definition) is 2. The van der Waals surface area contributed by atoms with Crippen LogP contribution in [0.3, 0.4) is 0 Å². The number of allylic oxidation sites excluding steroid dienone is 2. The lowest BCUT2D eigenvalue weighted by atomic mass is 9.78. The SMILES string of the molecule is O=C(O)CCC1CC=CCC1CCC(=O)O. The zero-order chi connectivity index (χ0) is 12.0. The minimum Gasteiger partial charge on any atom is -0.481 e. The van der Waals surface area contributed by atoms with Crippen molar-refractivity contribution in [3.63, 3.8) is 0 Å². The molecular formula is C12H18O4. The normalized spacial score (nSPS) is 24.2. The molecule has 0 aromatic carbocycles. The van der Waals surface area contributed by atoms with Crippen LogP contribution >= 0.6 is 0 Å². The number of rotatable bonds is 6. The van der Waals surface area contributed by atoms with Crippen molar-refractivity contribution < 1.29 is 19.8 Å². The standard InChI is InChI=1S/C12H18O4/c13-11(14)7-5-9-3-1-2-4-10(9)6-8-12(15)16/h1-2,9-10H,3-8H2,(H,13,14)(H,15,16). The van der Waals surface area contributed by atoms with Crippen molar-refractivity contribution >= 4 is 11.9 Å². The molecule has 0 heterocycles. The van der Waals surface area contributed by atoms with Crippen LogP contribution < -0.4 is 0 Å². The summed E-state index contributed by atoms with van der Waals surface area (Å²) in [6.45, 7) is 0. The molecule has 1 aliphatic carbocycles. The van der Waals surface area contributed by atoms with E-state index in [1.54, 1.807) is 0 Å². The molecule has 0 saturated carbocycles. The fourth-order valence-corrected chi connectivity index (χ4v) is 2.25. The third kappa shape index (κ3) is 4.47. The zero-order valence-corrected chi connectivity index (χ0v) is 9.26. The Morgan fingerprint density at radius 2 is 1.31 bits per heavy atom. The molecule has 0 aromatic rings. The first-order valence-corrected chi connectivity index (χ1v) is 5.68. The first-order chi connectivity index (χ1) is 7.59. The fraction of sp³-hybridized carbons (Fsp3) is 0.667. The second-order valence-electron chi connectivity index (χ2n) is 4.33. The third-order valence-electron chi connectivity index (χ3n) is 3.17. The molecule has 16 heavy (non-hydrogen) atoms. The van der Waals surface area contributed by atoms with E-state index in [1.807, 2.05) is 0 Å². The summed E-state index contributed by atoms with van der Waals surface area (Å²) >= 11 is 0. The molecule has 0 bridgehead atoms. The van der Waals surface area contributed by atoms with E-state index in [0.29, 0.717) is 24.7 Å². The van der Waals surface area contributed by atoms with Crippen LogP contribution in [-0.4, -0.2) is 22.2 Å². The van der Waals surface area contributed by atoms with Gasteiger partial charge in [0.05, 0.1) is 0 Å². The summed E-state index contributed by atoms with van der Waals surface area (Å²) in [6.07, 6.45) is 7.60. The van der Waals surface area contributed by atoms with E-state index in [1.165, 1.54) is 0 Å². The molecular weight excluding hydrogens is 208 g/mol.